The SMILES string of the molecule is O=C(CCc1cccc(Cl)c1)Nc1ccc(OCc2ccccc2)cc1. The van der Waals surface area contributed by atoms with Gasteiger partial charge in [-0.25, -0.2) is 0 Å². The van der Waals surface area contributed by atoms with Crippen LogP contribution in [0.2, 0.25) is 5.02 Å². The second-order valence-electron chi connectivity index (χ2n) is 5.98. The summed E-state index contributed by atoms with van der Waals surface area (Å²) in [6.07, 6.45) is 1.07. The van der Waals surface area contributed by atoms with E-state index in [2.05, 4.69) is 5.32 Å². The van der Waals surface area contributed by atoms with Crippen molar-refractivity contribution in [2.24, 2.45) is 0 Å². The normalized spacial score (nSPS) is 10.3. The molecule has 0 aliphatic heterocycles. The first-order valence-corrected chi connectivity index (χ1v) is 8.88. The number of ether oxygens (including phenoxy) is 1. The van der Waals surface area contributed by atoms with Crippen LogP contribution in [0.15, 0.2) is 78.9 Å². The lowest BCUT2D eigenvalue weighted by Crippen LogP contribution is -2.12. The standard InChI is InChI=1S/C22H20ClNO2/c23-19-8-4-7-17(15-19)9-14-22(25)24-20-10-12-21(13-11-20)26-16-18-5-2-1-3-6-18/h1-8,10-13,15H,9,14,16H2,(H,24,25). The Balaban J connectivity index is 1.46. The number of hydrogen-bond donors (Lipinski definition) is 1. The van der Waals surface area contributed by atoms with Gasteiger partial charge in [0.15, 0.2) is 0 Å². The summed E-state index contributed by atoms with van der Waals surface area (Å²) in [5.41, 5.74) is 2.93. The second-order valence-corrected chi connectivity index (χ2v) is 6.41. The lowest BCUT2D eigenvalue weighted by Gasteiger charge is -2.09. The number of anilines is 1. The fourth-order valence-electron chi connectivity index (χ4n) is 2.55. The number of aryl methyl sites for hydroxylation is 1. The van der Waals surface area contributed by atoms with Crippen LogP contribution in [-0.4, -0.2) is 5.91 Å². The molecule has 0 aliphatic carbocycles. The van der Waals surface area contributed by atoms with Gasteiger partial charge < -0.3 is 10.1 Å². The van der Waals surface area contributed by atoms with Gasteiger partial charge in [0.1, 0.15) is 12.4 Å². The molecule has 0 unspecified atom stereocenters. The quantitative estimate of drug-likeness (QED) is 0.601. The molecule has 0 saturated heterocycles. The Kier molecular flexibility index (Phi) is 6.29. The molecule has 0 spiro atoms. The van der Waals surface area contributed by atoms with Gasteiger partial charge in [0.2, 0.25) is 5.91 Å². The van der Waals surface area contributed by atoms with Gasteiger partial charge in [0.05, 0.1) is 0 Å². The lowest BCUT2D eigenvalue weighted by molar-refractivity contribution is -0.116. The highest BCUT2D eigenvalue weighted by Crippen LogP contribution is 2.18. The molecule has 3 rings (SSSR count). The van der Waals surface area contributed by atoms with Crippen molar-refractivity contribution in [3.63, 3.8) is 0 Å². The smallest absolute Gasteiger partial charge is 0.224 e. The molecule has 3 aromatic rings. The van der Waals surface area contributed by atoms with Crippen LogP contribution in [0.25, 0.3) is 0 Å². The van der Waals surface area contributed by atoms with E-state index in [0.29, 0.717) is 24.5 Å². The van der Waals surface area contributed by atoms with E-state index in [0.717, 1.165) is 22.6 Å². The van der Waals surface area contributed by atoms with Crippen LogP contribution in [-0.2, 0) is 17.8 Å². The summed E-state index contributed by atoms with van der Waals surface area (Å²) in [5.74, 6) is 0.744. The molecule has 4 heteroatoms. The molecule has 3 nitrogen and oxygen atoms in total. The van der Waals surface area contributed by atoms with Crippen LogP contribution >= 0.6 is 11.6 Å². The van der Waals surface area contributed by atoms with E-state index < -0.39 is 0 Å². The summed E-state index contributed by atoms with van der Waals surface area (Å²) < 4.78 is 5.74. The van der Waals surface area contributed by atoms with Crippen LogP contribution in [0.1, 0.15) is 17.5 Å². The molecule has 26 heavy (non-hydrogen) atoms. The van der Waals surface area contributed by atoms with Crippen LogP contribution in [0.5, 0.6) is 5.75 Å². The van der Waals surface area contributed by atoms with E-state index in [1.165, 1.54) is 0 Å². The number of hydrogen-bond acceptors (Lipinski definition) is 2. The zero-order valence-electron chi connectivity index (χ0n) is 14.3. The highest BCUT2D eigenvalue weighted by molar-refractivity contribution is 6.30. The lowest BCUT2D eigenvalue weighted by atomic mass is 10.1. The van der Waals surface area contributed by atoms with Crippen molar-refractivity contribution in [2.45, 2.75) is 19.4 Å². The van der Waals surface area contributed by atoms with Crippen LogP contribution in [0.4, 0.5) is 5.69 Å². The van der Waals surface area contributed by atoms with Crippen molar-refractivity contribution in [2.75, 3.05) is 5.32 Å². The molecular weight excluding hydrogens is 346 g/mol. The topological polar surface area (TPSA) is 38.3 Å². The number of rotatable bonds is 7. The fourth-order valence-corrected chi connectivity index (χ4v) is 2.76. The van der Waals surface area contributed by atoms with Gasteiger partial charge in [0, 0.05) is 17.1 Å². The molecule has 0 heterocycles. The Hall–Kier alpha value is -2.78. The third-order valence-corrected chi connectivity index (χ3v) is 4.15. The van der Waals surface area contributed by atoms with Crippen molar-refractivity contribution < 1.29 is 9.53 Å². The van der Waals surface area contributed by atoms with E-state index in [4.69, 9.17) is 16.3 Å². The predicted octanol–water partition coefficient (Wildman–Crippen LogP) is 5.49. The summed E-state index contributed by atoms with van der Waals surface area (Å²) in [6.45, 7) is 0.520. The summed E-state index contributed by atoms with van der Waals surface area (Å²) in [4.78, 5) is 12.1. The first kappa shape index (κ1) is 18.0. The van der Waals surface area contributed by atoms with Crippen molar-refractivity contribution in [3.05, 3.63) is 95.0 Å². The van der Waals surface area contributed by atoms with Gasteiger partial charge in [-0.3, -0.25) is 4.79 Å². The van der Waals surface area contributed by atoms with Crippen molar-refractivity contribution in [1.29, 1.82) is 0 Å². The molecule has 3 aromatic carbocycles. The average molecular weight is 366 g/mol. The van der Waals surface area contributed by atoms with Crippen LogP contribution in [0.3, 0.4) is 0 Å². The molecule has 1 amide bonds. The second kappa shape index (κ2) is 9.07. The molecule has 132 valence electrons. The Morgan fingerprint density at radius 3 is 2.35 bits per heavy atom. The molecular formula is C22H20ClNO2. The van der Waals surface area contributed by atoms with Crippen molar-refractivity contribution in [3.8, 4) is 5.75 Å². The van der Waals surface area contributed by atoms with Gasteiger partial charge >= 0.3 is 0 Å². The highest BCUT2D eigenvalue weighted by atomic mass is 35.5. The number of nitrogens with one attached hydrogen (secondary N) is 1. The Bertz CT molecular complexity index is 848. The van der Waals surface area contributed by atoms with Gasteiger partial charge in [-0.15, -0.1) is 0 Å². The largest absolute Gasteiger partial charge is 0.489 e. The number of carbonyl (C=O) groups excluding carboxylic acids is 1. The maximum Gasteiger partial charge on any atom is 0.224 e. The minimum absolute atomic E-state index is 0.0251. The first-order chi connectivity index (χ1) is 12.7. The number of benzene rings is 3. The maximum absolute atomic E-state index is 12.1. The van der Waals surface area contributed by atoms with Gasteiger partial charge in [-0.05, 0) is 53.9 Å². The first-order valence-electron chi connectivity index (χ1n) is 8.50. The molecule has 0 radical (unpaired) electrons. The molecule has 0 atom stereocenters. The minimum atomic E-state index is -0.0251. The third-order valence-electron chi connectivity index (χ3n) is 3.92. The molecule has 0 fully saturated rings. The maximum atomic E-state index is 12.1. The summed E-state index contributed by atoms with van der Waals surface area (Å²) in [6, 6.07) is 25.0. The number of amides is 1. The Morgan fingerprint density at radius 1 is 0.885 bits per heavy atom. The summed E-state index contributed by atoms with van der Waals surface area (Å²) >= 11 is 5.96. The van der Waals surface area contributed by atoms with E-state index in [9.17, 15) is 4.79 Å². The summed E-state index contributed by atoms with van der Waals surface area (Å²) in [5, 5.41) is 3.59. The number of halogens is 1. The zero-order chi connectivity index (χ0) is 18.2. The Morgan fingerprint density at radius 2 is 1.62 bits per heavy atom. The highest BCUT2D eigenvalue weighted by Gasteiger charge is 2.04. The minimum Gasteiger partial charge on any atom is -0.489 e. The molecule has 0 bridgehead atoms. The number of carbonyl (C=O) groups is 1. The summed E-state index contributed by atoms with van der Waals surface area (Å²) in [7, 11) is 0. The zero-order valence-corrected chi connectivity index (χ0v) is 15.1. The predicted molar refractivity (Wildman–Crippen MR) is 106 cm³/mol. The third kappa shape index (κ3) is 5.64. The van der Waals surface area contributed by atoms with Gasteiger partial charge in [-0.1, -0.05) is 54.1 Å². The molecule has 0 aromatic heterocycles. The fraction of sp³-hybridized carbons (Fsp3) is 0.136. The van der Waals surface area contributed by atoms with Crippen molar-refractivity contribution in [1.82, 2.24) is 0 Å². The van der Waals surface area contributed by atoms with Crippen LogP contribution < -0.4 is 10.1 Å². The van der Waals surface area contributed by atoms with Crippen molar-refractivity contribution >= 4 is 23.2 Å². The average Bonchev–Trinajstić information content (AvgIpc) is 2.67. The molecule has 0 aliphatic rings. The van der Waals surface area contributed by atoms with Gasteiger partial charge in [0.25, 0.3) is 0 Å². The van der Waals surface area contributed by atoms with Crippen LogP contribution in [0, 0.1) is 0 Å². The molecule has 1 N–H and O–H groups in total. The Labute approximate surface area is 158 Å². The van der Waals surface area contributed by atoms with E-state index in [1.807, 2.05) is 78.9 Å². The van der Waals surface area contributed by atoms with E-state index in [-0.39, 0.29) is 5.91 Å². The monoisotopic (exact) mass is 365 g/mol. The van der Waals surface area contributed by atoms with E-state index in [1.54, 1.807) is 0 Å². The van der Waals surface area contributed by atoms with Gasteiger partial charge in [-0.2, -0.15) is 0 Å². The molecule has 0 saturated carbocycles. The van der Waals surface area contributed by atoms with E-state index >= 15 is 0 Å².